The lowest BCUT2D eigenvalue weighted by molar-refractivity contribution is -0.585. The van der Waals surface area contributed by atoms with Crippen LogP contribution >= 0.6 is 24.0 Å². The highest BCUT2D eigenvalue weighted by Gasteiger charge is 2.31. The van der Waals surface area contributed by atoms with Crippen LogP contribution in [-0.2, 0) is 9.59 Å². The van der Waals surface area contributed by atoms with Gasteiger partial charge < -0.3 is 9.52 Å². The second-order valence-electron chi connectivity index (χ2n) is 6.34. The molecule has 0 unspecified atom stereocenters. The number of thioether (sulfide) groups is 1. The molecule has 7 nitrogen and oxygen atoms in total. The van der Waals surface area contributed by atoms with Crippen molar-refractivity contribution in [3.05, 3.63) is 47.3 Å². The molecule has 0 aliphatic carbocycles. The van der Waals surface area contributed by atoms with Crippen molar-refractivity contribution in [2.45, 2.75) is 25.7 Å². The van der Waals surface area contributed by atoms with E-state index in [2.05, 4.69) is 0 Å². The molecule has 1 N–H and O–H groups in total. The molecule has 1 fully saturated rings. The van der Waals surface area contributed by atoms with Crippen LogP contribution in [0.25, 0.3) is 17.4 Å². The molecule has 0 spiro atoms. The molecule has 0 radical (unpaired) electrons. The molecule has 0 atom stereocenters. The predicted molar refractivity (Wildman–Crippen MR) is 111 cm³/mol. The van der Waals surface area contributed by atoms with Crippen molar-refractivity contribution in [3.63, 3.8) is 0 Å². The van der Waals surface area contributed by atoms with Crippen LogP contribution in [0.5, 0.6) is 0 Å². The lowest BCUT2D eigenvalue weighted by Gasteiger charge is -2.13. The summed E-state index contributed by atoms with van der Waals surface area (Å²) in [4.78, 5) is 25.2. The van der Waals surface area contributed by atoms with Crippen molar-refractivity contribution >= 4 is 46.3 Å². The number of carboxylic acid groups (broad SMARTS) is 1. The summed E-state index contributed by atoms with van der Waals surface area (Å²) in [7, 11) is 0. The quantitative estimate of drug-likeness (QED) is 0.298. The number of amides is 1. The highest BCUT2D eigenvalue weighted by Crippen LogP contribution is 2.33. The third kappa shape index (κ3) is 5.31. The predicted octanol–water partition coefficient (Wildman–Crippen LogP) is 3.41. The number of aromatic nitrogens is 1. The number of thiocarbonyl (C=S) groups is 1. The normalized spacial score (nSPS) is 15.1. The van der Waals surface area contributed by atoms with Gasteiger partial charge in [0.1, 0.15) is 28.2 Å². The van der Waals surface area contributed by atoms with E-state index < -0.39 is 5.97 Å². The Bertz CT molecular complexity index is 1020. The van der Waals surface area contributed by atoms with Crippen molar-refractivity contribution in [2.24, 2.45) is 0 Å². The Kier molecular flexibility index (Phi) is 6.80. The molecular formula is C20H18N3O4S2+. The molecule has 1 amide bonds. The zero-order valence-electron chi connectivity index (χ0n) is 15.4. The smallest absolute Gasteiger partial charge is 0.463 e. The summed E-state index contributed by atoms with van der Waals surface area (Å²) < 4.78 is 7.67. The molecule has 3 rings (SSSR count). The van der Waals surface area contributed by atoms with Gasteiger partial charge in [0.05, 0.1) is 10.5 Å². The maximum Gasteiger partial charge on any atom is 0.463 e. The topological polar surface area (TPSA) is 98.4 Å². The third-order valence-electron chi connectivity index (χ3n) is 4.25. The first-order valence-corrected chi connectivity index (χ1v) is 10.2. The number of aliphatic carboxylic acids is 1. The molecule has 29 heavy (non-hydrogen) atoms. The van der Waals surface area contributed by atoms with Crippen LogP contribution in [-0.4, -0.2) is 32.7 Å². The van der Waals surface area contributed by atoms with E-state index in [9.17, 15) is 9.59 Å². The summed E-state index contributed by atoms with van der Waals surface area (Å²) in [6.45, 7) is 0.475. The Hall–Kier alpha value is -2.96. The maximum absolute atomic E-state index is 12.6. The first kappa shape index (κ1) is 20.8. The van der Waals surface area contributed by atoms with Gasteiger partial charge in [0, 0.05) is 19.0 Å². The molecular weight excluding hydrogens is 410 g/mol. The van der Waals surface area contributed by atoms with Crippen LogP contribution in [0.1, 0.15) is 31.4 Å². The largest absolute Gasteiger partial charge is 0.481 e. The second-order valence-corrected chi connectivity index (χ2v) is 8.02. The van der Waals surface area contributed by atoms with Gasteiger partial charge in [-0.3, -0.25) is 14.5 Å². The fourth-order valence-corrected chi connectivity index (χ4v) is 4.10. The summed E-state index contributed by atoms with van der Waals surface area (Å²) in [6, 6.07) is 7.13. The molecule has 1 aliphatic rings. The van der Waals surface area contributed by atoms with Gasteiger partial charge in [-0.1, -0.05) is 30.4 Å². The summed E-state index contributed by atoms with van der Waals surface area (Å²) >= 11 is 6.53. The molecule has 2 aromatic rings. The van der Waals surface area contributed by atoms with Crippen LogP contribution in [0.4, 0.5) is 0 Å². The first-order valence-electron chi connectivity index (χ1n) is 8.97. The van der Waals surface area contributed by atoms with Gasteiger partial charge in [0.15, 0.2) is 5.26 Å². The van der Waals surface area contributed by atoms with Crippen LogP contribution in [0.2, 0.25) is 0 Å². The maximum atomic E-state index is 12.6. The van der Waals surface area contributed by atoms with Crippen LogP contribution in [0, 0.1) is 11.5 Å². The van der Waals surface area contributed by atoms with E-state index in [1.54, 1.807) is 41.6 Å². The van der Waals surface area contributed by atoms with E-state index in [4.69, 9.17) is 27.0 Å². The minimum Gasteiger partial charge on any atom is -0.481 e. The average molecular weight is 429 g/mol. The number of nitrogens with zero attached hydrogens (tertiary/aromatic N) is 3. The highest BCUT2D eigenvalue weighted by atomic mass is 32.2. The van der Waals surface area contributed by atoms with Crippen LogP contribution < -0.4 is 4.57 Å². The average Bonchev–Trinajstić information content (AvgIpc) is 3.27. The second kappa shape index (κ2) is 9.49. The molecule has 0 bridgehead atoms. The summed E-state index contributed by atoms with van der Waals surface area (Å²) in [5.41, 5.74) is 0.752. The number of nitriles is 1. The minimum atomic E-state index is -0.811. The van der Waals surface area contributed by atoms with Crippen molar-refractivity contribution in [1.29, 1.82) is 5.26 Å². The van der Waals surface area contributed by atoms with E-state index in [-0.39, 0.29) is 12.3 Å². The molecule has 9 heteroatoms. The molecule has 0 aromatic carbocycles. The van der Waals surface area contributed by atoms with E-state index in [0.717, 1.165) is 12.0 Å². The third-order valence-corrected chi connectivity index (χ3v) is 5.62. The highest BCUT2D eigenvalue weighted by molar-refractivity contribution is 8.26. The monoisotopic (exact) mass is 428 g/mol. The molecule has 148 valence electrons. The zero-order chi connectivity index (χ0) is 20.8. The van der Waals surface area contributed by atoms with Gasteiger partial charge in [0.25, 0.3) is 5.91 Å². The number of hydrogen-bond acceptors (Lipinski definition) is 6. The number of rotatable bonds is 8. The fourth-order valence-electron chi connectivity index (χ4n) is 2.81. The lowest BCUT2D eigenvalue weighted by Crippen LogP contribution is -2.29. The van der Waals surface area contributed by atoms with Crippen molar-refractivity contribution < 1.29 is 23.7 Å². The van der Waals surface area contributed by atoms with Crippen LogP contribution in [0.3, 0.4) is 0 Å². The molecule has 3 heterocycles. The standard InChI is InChI=1S/C20H17N3O4S2/c21-13-22-9-4-5-14(12-22)16-8-7-15(27-16)11-17-19(26)23(20(28)29-17)10-3-1-2-6-18(24)25/h4-5,7-9,11-12H,1-3,6,10H2/p+1. The molecule has 1 aliphatic heterocycles. The number of carboxylic acids is 1. The number of pyridine rings is 1. The van der Waals surface area contributed by atoms with Gasteiger partial charge in [-0.25, -0.2) is 0 Å². The van der Waals surface area contributed by atoms with Gasteiger partial charge >= 0.3 is 12.2 Å². The molecule has 0 saturated carbocycles. The Labute approximate surface area is 177 Å². The van der Waals surface area contributed by atoms with Crippen molar-refractivity contribution in [1.82, 2.24) is 4.90 Å². The van der Waals surface area contributed by atoms with Gasteiger partial charge in [-0.2, -0.15) is 0 Å². The van der Waals surface area contributed by atoms with E-state index in [1.807, 2.05) is 12.3 Å². The van der Waals surface area contributed by atoms with E-state index in [0.29, 0.717) is 40.1 Å². The van der Waals surface area contributed by atoms with Crippen molar-refractivity contribution in [3.8, 4) is 17.5 Å². The lowest BCUT2D eigenvalue weighted by atomic mass is 10.2. The SMILES string of the molecule is N#C[n+]1cccc(-c2ccc(C=C3SC(=S)N(CCCCCC(=O)O)C3=O)o2)c1. The van der Waals surface area contributed by atoms with E-state index >= 15 is 0 Å². The molecule has 1 saturated heterocycles. The number of hydrogen-bond donors (Lipinski definition) is 1. The van der Waals surface area contributed by atoms with Crippen LogP contribution in [0.15, 0.2) is 46.0 Å². The number of furan rings is 1. The Morgan fingerprint density at radius 1 is 1.34 bits per heavy atom. The van der Waals surface area contributed by atoms with Crippen molar-refractivity contribution in [2.75, 3.05) is 6.54 Å². The van der Waals surface area contributed by atoms with Gasteiger partial charge in [-0.15, -0.1) is 4.57 Å². The number of unbranched alkanes of at least 4 members (excludes halogenated alkanes) is 2. The molecule has 2 aromatic heterocycles. The van der Waals surface area contributed by atoms with Gasteiger partial charge in [-0.05, 0) is 37.1 Å². The Morgan fingerprint density at radius 2 is 2.17 bits per heavy atom. The zero-order valence-corrected chi connectivity index (χ0v) is 17.0. The van der Waals surface area contributed by atoms with E-state index in [1.165, 1.54) is 16.3 Å². The number of carbonyl (C=O) groups is 2. The Morgan fingerprint density at radius 3 is 2.93 bits per heavy atom. The summed E-state index contributed by atoms with van der Waals surface area (Å²) in [6.07, 6.45) is 9.12. The fraction of sp³-hybridized carbons (Fsp3) is 0.250. The number of carbonyl (C=O) groups excluding carboxylic acids is 1. The first-order chi connectivity index (χ1) is 14.0. The minimum absolute atomic E-state index is 0.134. The van der Waals surface area contributed by atoms with Gasteiger partial charge in [0.2, 0.25) is 0 Å². The Balaban J connectivity index is 1.64. The summed E-state index contributed by atoms with van der Waals surface area (Å²) in [5.74, 6) is 0.136. The summed E-state index contributed by atoms with van der Waals surface area (Å²) in [5, 5.41) is 17.7.